The van der Waals surface area contributed by atoms with Gasteiger partial charge in [-0.2, -0.15) is 0 Å². The van der Waals surface area contributed by atoms with Crippen LogP contribution in [0.3, 0.4) is 0 Å². The van der Waals surface area contributed by atoms with Gasteiger partial charge in [-0.25, -0.2) is 9.18 Å². The molecule has 1 unspecified atom stereocenters. The summed E-state index contributed by atoms with van der Waals surface area (Å²) in [5.41, 5.74) is 0.149. The number of nitrogens with one attached hydrogen (secondary N) is 2. The predicted octanol–water partition coefficient (Wildman–Crippen LogP) is 1.41. The van der Waals surface area contributed by atoms with E-state index in [2.05, 4.69) is 15.4 Å². The first-order valence-corrected chi connectivity index (χ1v) is 5.83. The summed E-state index contributed by atoms with van der Waals surface area (Å²) in [5, 5.41) is 5.51. The molecule has 0 aliphatic rings. The molecular formula is C13H17FN2O3. The molecule has 0 saturated heterocycles. The number of amides is 1. The Morgan fingerprint density at radius 2 is 2.11 bits per heavy atom. The quantitative estimate of drug-likeness (QED) is 0.792. The standard InChI is InChI=1S/C13H17FN2O3/c1-8(7-15-2)12(17)16-9-4-5-11(14)10(6-9)13(18)19-3/h4-6,8,15H,7H2,1-3H3,(H,16,17). The molecule has 0 saturated carbocycles. The molecule has 1 amide bonds. The number of hydrogen-bond acceptors (Lipinski definition) is 4. The highest BCUT2D eigenvalue weighted by atomic mass is 19.1. The molecule has 0 aliphatic heterocycles. The van der Waals surface area contributed by atoms with Gasteiger partial charge in [0.25, 0.3) is 0 Å². The van der Waals surface area contributed by atoms with E-state index in [0.29, 0.717) is 12.2 Å². The van der Waals surface area contributed by atoms with Crippen LogP contribution in [-0.2, 0) is 9.53 Å². The van der Waals surface area contributed by atoms with Gasteiger partial charge in [-0.3, -0.25) is 4.79 Å². The number of rotatable bonds is 5. The number of carbonyl (C=O) groups excluding carboxylic acids is 2. The topological polar surface area (TPSA) is 67.4 Å². The van der Waals surface area contributed by atoms with Gasteiger partial charge in [0.15, 0.2) is 0 Å². The van der Waals surface area contributed by atoms with E-state index < -0.39 is 11.8 Å². The van der Waals surface area contributed by atoms with Crippen molar-refractivity contribution >= 4 is 17.6 Å². The lowest BCUT2D eigenvalue weighted by Gasteiger charge is -2.12. The second kappa shape index (κ2) is 6.84. The van der Waals surface area contributed by atoms with Gasteiger partial charge in [0, 0.05) is 18.2 Å². The molecule has 1 aromatic carbocycles. The lowest BCUT2D eigenvalue weighted by atomic mass is 10.1. The van der Waals surface area contributed by atoms with Crippen molar-refractivity contribution < 1.29 is 18.7 Å². The number of anilines is 1. The molecule has 0 heterocycles. The molecule has 0 aromatic heterocycles. The molecule has 0 spiro atoms. The van der Waals surface area contributed by atoms with Gasteiger partial charge in [0.05, 0.1) is 12.7 Å². The third-order valence-corrected chi connectivity index (χ3v) is 2.60. The molecule has 0 bridgehead atoms. The lowest BCUT2D eigenvalue weighted by Crippen LogP contribution is -2.28. The highest BCUT2D eigenvalue weighted by Crippen LogP contribution is 2.16. The van der Waals surface area contributed by atoms with Crippen LogP contribution in [0, 0.1) is 11.7 Å². The highest BCUT2D eigenvalue weighted by molar-refractivity contribution is 5.95. The van der Waals surface area contributed by atoms with Crippen molar-refractivity contribution in [1.29, 1.82) is 0 Å². The van der Waals surface area contributed by atoms with Gasteiger partial charge < -0.3 is 15.4 Å². The van der Waals surface area contributed by atoms with E-state index in [-0.39, 0.29) is 17.4 Å². The average Bonchev–Trinajstić information content (AvgIpc) is 2.40. The largest absolute Gasteiger partial charge is 0.465 e. The van der Waals surface area contributed by atoms with Crippen molar-refractivity contribution in [1.82, 2.24) is 5.32 Å². The zero-order chi connectivity index (χ0) is 14.4. The maximum absolute atomic E-state index is 13.4. The van der Waals surface area contributed by atoms with Crippen LogP contribution in [0.1, 0.15) is 17.3 Å². The average molecular weight is 268 g/mol. The Labute approximate surface area is 111 Å². The molecule has 0 aliphatic carbocycles. The number of benzene rings is 1. The minimum atomic E-state index is -0.781. The van der Waals surface area contributed by atoms with Crippen molar-refractivity contribution in [3.63, 3.8) is 0 Å². The van der Waals surface area contributed by atoms with Crippen LogP contribution < -0.4 is 10.6 Å². The number of halogens is 1. The van der Waals surface area contributed by atoms with E-state index in [9.17, 15) is 14.0 Å². The van der Waals surface area contributed by atoms with Crippen LogP contribution >= 0.6 is 0 Å². The van der Waals surface area contributed by atoms with Crippen molar-refractivity contribution in [2.24, 2.45) is 5.92 Å². The third-order valence-electron chi connectivity index (χ3n) is 2.60. The summed E-state index contributed by atoms with van der Waals surface area (Å²) in [5.74, 6) is -1.92. The van der Waals surface area contributed by atoms with Gasteiger partial charge in [0.1, 0.15) is 5.82 Å². The molecule has 0 fully saturated rings. The molecular weight excluding hydrogens is 251 g/mol. The summed E-state index contributed by atoms with van der Waals surface area (Å²) in [6, 6.07) is 3.77. The van der Waals surface area contributed by atoms with Gasteiger partial charge in [-0.1, -0.05) is 6.92 Å². The summed E-state index contributed by atoms with van der Waals surface area (Å²) in [6.07, 6.45) is 0. The van der Waals surface area contributed by atoms with E-state index in [1.165, 1.54) is 19.2 Å². The Morgan fingerprint density at radius 1 is 1.42 bits per heavy atom. The first kappa shape index (κ1) is 15.1. The van der Waals surface area contributed by atoms with Gasteiger partial charge in [-0.15, -0.1) is 0 Å². The zero-order valence-electron chi connectivity index (χ0n) is 11.1. The van der Waals surface area contributed by atoms with Gasteiger partial charge >= 0.3 is 5.97 Å². The number of ether oxygens (including phenoxy) is 1. The predicted molar refractivity (Wildman–Crippen MR) is 69.5 cm³/mol. The van der Waals surface area contributed by atoms with Crippen molar-refractivity contribution in [3.05, 3.63) is 29.6 Å². The first-order valence-electron chi connectivity index (χ1n) is 5.83. The summed E-state index contributed by atoms with van der Waals surface area (Å²) in [6.45, 7) is 2.29. The molecule has 6 heteroatoms. The summed E-state index contributed by atoms with van der Waals surface area (Å²) >= 11 is 0. The monoisotopic (exact) mass is 268 g/mol. The lowest BCUT2D eigenvalue weighted by molar-refractivity contribution is -0.119. The Balaban J connectivity index is 2.85. The summed E-state index contributed by atoms with van der Waals surface area (Å²) in [7, 11) is 2.92. The van der Waals surface area contributed by atoms with E-state index in [4.69, 9.17) is 0 Å². The molecule has 1 rings (SSSR count). The molecule has 1 atom stereocenters. The maximum Gasteiger partial charge on any atom is 0.340 e. The third kappa shape index (κ3) is 4.03. The van der Waals surface area contributed by atoms with Crippen LogP contribution in [0.2, 0.25) is 0 Å². The second-order valence-electron chi connectivity index (χ2n) is 4.13. The number of methoxy groups -OCH3 is 1. The fourth-order valence-electron chi connectivity index (χ4n) is 1.53. The Kier molecular flexibility index (Phi) is 5.44. The van der Waals surface area contributed by atoms with Gasteiger partial charge in [-0.05, 0) is 25.2 Å². The molecule has 1 aromatic rings. The van der Waals surface area contributed by atoms with Crippen LogP contribution in [0.5, 0.6) is 0 Å². The van der Waals surface area contributed by atoms with Crippen LogP contribution in [0.15, 0.2) is 18.2 Å². The Bertz CT molecular complexity index is 477. The van der Waals surface area contributed by atoms with E-state index in [1.54, 1.807) is 14.0 Å². The Hall–Kier alpha value is -1.95. The normalized spacial score (nSPS) is 11.8. The van der Waals surface area contributed by atoms with E-state index in [0.717, 1.165) is 6.07 Å². The molecule has 104 valence electrons. The number of hydrogen-bond donors (Lipinski definition) is 2. The summed E-state index contributed by atoms with van der Waals surface area (Å²) < 4.78 is 17.9. The van der Waals surface area contributed by atoms with E-state index in [1.807, 2.05) is 0 Å². The van der Waals surface area contributed by atoms with Crippen LogP contribution in [0.4, 0.5) is 10.1 Å². The molecule has 2 N–H and O–H groups in total. The van der Waals surface area contributed by atoms with Crippen LogP contribution in [-0.4, -0.2) is 32.6 Å². The minimum Gasteiger partial charge on any atom is -0.465 e. The maximum atomic E-state index is 13.4. The summed E-state index contributed by atoms with van der Waals surface area (Å²) in [4.78, 5) is 23.1. The van der Waals surface area contributed by atoms with Crippen molar-refractivity contribution in [2.45, 2.75) is 6.92 Å². The second-order valence-corrected chi connectivity index (χ2v) is 4.13. The minimum absolute atomic E-state index is 0.207. The smallest absolute Gasteiger partial charge is 0.340 e. The number of esters is 1. The zero-order valence-corrected chi connectivity index (χ0v) is 11.1. The molecule has 0 radical (unpaired) electrons. The first-order chi connectivity index (χ1) is 8.99. The van der Waals surface area contributed by atoms with E-state index >= 15 is 0 Å². The van der Waals surface area contributed by atoms with Crippen molar-refractivity contribution in [2.75, 3.05) is 26.0 Å². The molecule has 5 nitrogen and oxygen atoms in total. The Morgan fingerprint density at radius 3 is 2.68 bits per heavy atom. The SMILES string of the molecule is CNCC(C)C(=O)Nc1ccc(F)c(C(=O)OC)c1. The fraction of sp³-hybridized carbons (Fsp3) is 0.385. The van der Waals surface area contributed by atoms with Crippen LogP contribution in [0.25, 0.3) is 0 Å². The highest BCUT2D eigenvalue weighted by Gasteiger charge is 2.16. The van der Waals surface area contributed by atoms with Crippen molar-refractivity contribution in [3.8, 4) is 0 Å². The fourth-order valence-corrected chi connectivity index (χ4v) is 1.53. The number of carbonyl (C=O) groups is 2. The van der Waals surface area contributed by atoms with Gasteiger partial charge in [0.2, 0.25) is 5.91 Å². The molecule has 19 heavy (non-hydrogen) atoms.